The van der Waals surface area contributed by atoms with E-state index in [1.165, 1.54) is 26.4 Å². The van der Waals surface area contributed by atoms with Gasteiger partial charge in [0.2, 0.25) is 0 Å². The van der Waals surface area contributed by atoms with E-state index >= 15 is 0 Å². The minimum absolute atomic E-state index is 0.270. The summed E-state index contributed by atoms with van der Waals surface area (Å²) in [5.41, 5.74) is 0.562. The lowest BCUT2D eigenvalue weighted by Gasteiger charge is -2.20. The molecule has 1 aromatic carbocycles. The molecule has 136 valence electrons. The van der Waals surface area contributed by atoms with E-state index in [4.69, 9.17) is 14.2 Å². The summed E-state index contributed by atoms with van der Waals surface area (Å²) < 4.78 is 15.5. The largest absolute Gasteiger partial charge is 0.493 e. The molecule has 1 N–H and O–H groups in total. The topological polar surface area (TPSA) is 73.9 Å². The lowest BCUT2D eigenvalue weighted by atomic mass is 9.86. The van der Waals surface area contributed by atoms with Crippen LogP contribution in [0.25, 0.3) is 0 Å². The monoisotopic (exact) mass is 347 g/mol. The molecule has 3 rings (SSSR count). The van der Waals surface area contributed by atoms with Crippen molar-refractivity contribution in [2.45, 2.75) is 32.1 Å². The number of ether oxygens (including phenoxy) is 3. The Morgan fingerprint density at radius 3 is 2.56 bits per heavy atom. The van der Waals surface area contributed by atoms with E-state index in [0.717, 1.165) is 12.3 Å². The number of hydrogen-bond donors (Lipinski definition) is 1. The predicted molar refractivity (Wildman–Crippen MR) is 92.7 cm³/mol. The van der Waals surface area contributed by atoms with Crippen LogP contribution in [0.3, 0.4) is 0 Å². The highest BCUT2D eigenvalue weighted by molar-refractivity contribution is 5.93. The van der Waals surface area contributed by atoms with Crippen molar-refractivity contribution in [2.75, 3.05) is 26.1 Å². The molecule has 1 amide bonds. The number of hydrogen-bond acceptors (Lipinski definition) is 5. The molecule has 0 radical (unpaired) electrons. The Morgan fingerprint density at radius 2 is 1.92 bits per heavy atom. The van der Waals surface area contributed by atoms with Crippen molar-refractivity contribution in [1.29, 1.82) is 0 Å². The molecule has 0 aliphatic heterocycles. The van der Waals surface area contributed by atoms with Crippen LogP contribution in [-0.2, 0) is 14.3 Å². The number of rotatable bonds is 7. The van der Waals surface area contributed by atoms with Gasteiger partial charge in [-0.05, 0) is 49.1 Å². The molecule has 1 aromatic rings. The van der Waals surface area contributed by atoms with E-state index < -0.39 is 0 Å². The van der Waals surface area contributed by atoms with Crippen molar-refractivity contribution in [3.8, 4) is 11.5 Å². The Morgan fingerprint density at radius 1 is 1.12 bits per heavy atom. The third-order valence-corrected chi connectivity index (χ3v) is 5.34. The van der Waals surface area contributed by atoms with Crippen LogP contribution in [0.2, 0.25) is 0 Å². The summed E-state index contributed by atoms with van der Waals surface area (Å²) in [6.45, 7) is -0.270. The first kappa shape index (κ1) is 17.6. The average molecular weight is 347 g/mol. The first-order chi connectivity index (χ1) is 12.1. The van der Waals surface area contributed by atoms with Gasteiger partial charge in [0.25, 0.3) is 5.91 Å². The molecule has 0 spiro atoms. The molecule has 2 aliphatic carbocycles. The SMILES string of the molecule is COc1ccc(NC(=O)COC(=O)C[C@@H]2C[C@@H]3CC[C@@H]2C3)cc1OC. The van der Waals surface area contributed by atoms with E-state index in [0.29, 0.717) is 35.4 Å². The van der Waals surface area contributed by atoms with Crippen LogP contribution < -0.4 is 14.8 Å². The highest BCUT2D eigenvalue weighted by Gasteiger charge is 2.40. The highest BCUT2D eigenvalue weighted by Crippen LogP contribution is 2.49. The zero-order valence-corrected chi connectivity index (χ0v) is 14.7. The van der Waals surface area contributed by atoms with E-state index in [2.05, 4.69) is 5.32 Å². The second-order valence-electron chi connectivity index (χ2n) is 6.92. The normalized spacial score (nSPS) is 24.0. The van der Waals surface area contributed by atoms with E-state index in [1.54, 1.807) is 25.3 Å². The number of carbonyl (C=O) groups excluding carboxylic acids is 2. The maximum Gasteiger partial charge on any atom is 0.306 e. The van der Waals surface area contributed by atoms with Gasteiger partial charge in [-0.1, -0.05) is 6.42 Å². The second kappa shape index (κ2) is 7.76. The van der Waals surface area contributed by atoms with Crippen LogP contribution in [0.1, 0.15) is 32.1 Å². The van der Waals surface area contributed by atoms with E-state index in [-0.39, 0.29) is 18.5 Å². The number of fused-ring (bicyclic) bond motifs is 2. The Hall–Kier alpha value is -2.24. The first-order valence-corrected chi connectivity index (χ1v) is 8.76. The average Bonchev–Trinajstić information content (AvgIpc) is 3.22. The molecule has 2 aliphatic rings. The zero-order chi connectivity index (χ0) is 17.8. The number of carbonyl (C=O) groups is 2. The third kappa shape index (κ3) is 4.24. The van der Waals surface area contributed by atoms with E-state index in [9.17, 15) is 9.59 Å². The summed E-state index contributed by atoms with van der Waals surface area (Å²) in [7, 11) is 3.08. The van der Waals surface area contributed by atoms with Crippen LogP contribution >= 0.6 is 0 Å². The van der Waals surface area contributed by atoms with Crippen molar-refractivity contribution in [1.82, 2.24) is 0 Å². The Bertz CT molecular complexity index is 645. The van der Waals surface area contributed by atoms with Gasteiger partial charge in [0.05, 0.1) is 14.2 Å². The number of amides is 1. The smallest absolute Gasteiger partial charge is 0.306 e. The quantitative estimate of drug-likeness (QED) is 0.768. The van der Waals surface area contributed by atoms with Crippen molar-refractivity contribution >= 4 is 17.6 Å². The fourth-order valence-corrected chi connectivity index (χ4v) is 4.16. The molecule has 2 bridgehead atoms. The molecular weight excluding hydrogens is 322 g/mol. The molecule has 6 heteroatoms. The van der Waals surface area contributed by atoms with Gasteiger partial charge in [0.15, 0.2) is 18.1 Å². The Kier molecular flexibility index (Phi) is 5.46. The van der Waals surface area contributed by atoms with Crippen molar-refractivity contribution in [3.63, 3.8) is 0 Å². The number of methoxy groups -OCH3 is 2. The van der Waals surface area contributed by atoms with Crippen LogP contribution in [0.5, 0.6) is 11.5 Å². The van der Waals surface area contributed by atoms with Crippen LogP contribution in [0.4, 0.5) is 5.69 Å². The molecular formula is C19H25NO5. The van der Waals surface area contributed by atoms with Gasteiger partial charge < -0.3 is 19.5 Å². The van der Waals surface area contributed by atoms with Gasteiger partial charge in [0.1, 0.15) is 0 Å². The van der Waals surface area contributed by atoms with Gasteiger partial charge in [-0.15, -0.1) is 0 Å². The number of anilines is 1. The highest BCUT2D eigenvalue weighted by atomic mass is 16.5. The Labute approximate surface area is 147 Å². The molecule has 3 atom stereocenters. The number of benzene rings is 1. The molecule has 2 fully saturated rings. The number of nitrogens with one attached hydrogen (secondary N) is 1. The van der Waals surface area contributed by atoms with Crippen LogP contribution in [-0.4, -0.2) is 32.7 Å². The van der Waals surface area contributed by atoms with E-state index in [1.807, 2.05) is 0 Å². The summed E-state index contributed by atoms with van der Waals surface area (Å²) in [5.74, 6) is 2.38. The summed E-state index contributed by atoms with van der Waals surface area (Å²) >= 11 is 0. The van der Waals surface area contributed by atoms with Gasteiger partial charge in [-0.25, -0.2) is 0 Å². The standard InChI is InChI=1S/C19H25NO5/c1-23-16-6-5-15(10-17(16)24-2)20-18(21)11-25-19(22)9-14-8-12-3-4-13(14)7-12/h5-6,10,12-14H,3-4,7-9,11H2,1-2H3,(H,20,21)/t12-,13-,14+/m1/s1. The molecule has 25 heavy (non-hydrogen) atoms. The molecule has 0 aromatic heterocycles. The Balaban J connectivity index is 1.44. The lowest BCUT2D eigenvalue weighted by Crippen LogP contribution is -2.23. The van der Waals surface area contributed by atoms with Gasteiger partial charge in [-0.2, -0.15) is 0 Å². The van der Waals surface area contributed by atoms with Gasteiger partial charge in [0, 0.05) is 18.2 Å². The molecule has 6 nitrogen and oxygen atoms in total. The molecule has 0 saturated heterocycles. The third-order valence-electron chi connectivity index (χ3n) is 5.34. The van der Waals surface area contributed by atoms with Gasteiger partial charge in [-0.3, -0.25) is 9.59 Å². The molecule has 2 saturated carbocycles. The summed E-state index contributed by atoms with van der Waals surface area (Å²) in [5, 5.41) is 2.69. The van der Waals surface area contributed by atoms with Crippen molar-refractivity contribution in [2.24, 2.45) is 17.8 Å². The summed E-state index contributed by atoms with van der Waals surface area (Å²) in [6, 6.07) is 5.07. The van der Waals surface area contributed by atoms with Crippen molar-refractivity contribution < 1.29 is 23.8 Å². The van der Waals surface area contributed by atoms with Crippen LogP contribution in [0, 0.1) is 17.8 Å². The second-order valence-corrected chi connectivity index (χ2v) is 6.92. The predicted octanol–water partition coefficient (Wildman–Crippen LogP) is 3.01. The number of esters is 1. The molecule has 0 heterocycles. The summed E-state index contributed by atoms with van der Waals surface area (Å²) in [6.07, 6.45) is 5.38. The maximum absolute atomic E-state index is 12.0. The minimum atomic E-state index is -0.367. The van der Waals surface area contributed by atoms with Crippen molar-refractivity contribution in [3.05, 3.63) is 18.2 Å². The first-order valence-electron chi connectivity index (χ1n) is 8.76. The summed E-state index contributed by atoms with van der Waals surface area (Å²) in [4.78, 5) is 24.0. The van der Waals surface area contributed by atoms with Gasteiger partial charge >= 0.3 is 5.97 Å². The fraction of sp³-hybridized carbons (Fsp3) is 0.579. The van der Waals surface area contributed by atoms with Crippen LogP contribution in [0.15, 0.2) is 18.2 Å². The molecule has 0 unspecified atom stereocenters. The maximum atomic E-state index is 12.0. The zero-order valence-electron chi connectivity index (χ0n) is 14.7. The fourth-order valence-electron chi connectivity index (χ4n) is 4.16. The lowest BCUT2D eigenvalue weighted by molar-refractivity contribution is -0.148. The minimum Gasteiger partial charge on any atom is -0.493 e.